The van der Waals surface area contributed by atoms with Gasteiger partial charge >= 0.3 is 0 Å². The van der Waals surface area contributed by atoms with E-state index in [0.29, 0.717) is 17.3 Å². The highest BCUT2D eigenvalue weighted by Crippen LogP contribution is 2.31. The van der Waals surface area contributed by atoms with Gasteiger partial charge in [0.05, 0.1) is 5.39 Å². The van der Waals surface area contributed by atoms with Gasteiger partial charge in [0.1, 0.15) is 23.6 Å². The van der Waals surface area contributed by atoms with Gasteiger partial charge in [-0.05, 0) is 23.6 Å². The van der Waals surface area contributed by atoms with Crippen molar-refractivity contribution in [1.29, 1.82) is 0 Å². The van der Waals surface area contributed by atoms with Crippen LogP contribution in [0.4, 0.5) is 5.82 Å². The molecule has 3 aromatic rings. The number of ether oxygens (including phenoxy) is 2. The highest BCUT2D eigenvalue weighted by Gasteiger charge is 2.27. The molecular formula is C15H11N3O3S. The summed E-state index contributed by atoms with van der Waals surface area (Å²) in [6.45, 7) is 0.167. The zero-order valence-electron chi connectivity index (χ0n) is 11.4. The van der Waals surface area contributed by atoms with E-state index in [9.17, 15) is 4.79 Å². The number of anilines is 1. The smallest absolute Gasteiger partial charge is 0.270 e. The minimum atomic E-state index is -0.710. The summed E-state index contributed by atoms with van der Waals surface area (Å²) in [5.41, 5.74) is 0. The van der Waals surface area contributed by atoms with Crippen LogP contribution in [-0.4, -0.2) is 28.6 Å². The number of fused-ring (bicyclic) bond motifs is 2. The first kappa shape index (κ1) is 13.0. The molecule has 1 aromatic carbocycles. The van der Waals surface area contributed by atoms with Gasteiger partial charge in [-0.1, -0.05) is 12.1 Å². The minimum Gasteiger partial charge on any atom is -0.485 e. The average molecular weight is 313 g/mol. The Morgan fingerprint density at radius 2 is 2.09 bits per heavy atom. The summed E-state index contributed by atoms with van der Waals surface area (Å²) >= 11 is 1.50. The van der Waals surface area contributed by atoms with E-state index >= 15 is 0 Å². The van der Waals surface area contributed by atoms with E-state index in [1.807, 2.05) is 29.6 Å². The number of para-hydroxylation sites is 2. The first-order chi connectivity index (χ1) is 10.8. The molecule has 0 radical (unpaired) electrons. The molecule has 1 aliphatic rings. The molecule has 6 nitrogen and oxygen atoms in total. The van der Waals surface area contributed by atoms with Gasteiger partial charge in [0.2, 0.25) is 6.10 Å². The normalized spacial score (nSPS) is 16.5. The van der Waals surface area contributed by atoms with Crippen LogP contribution in [-0.2, 0) is 4.79 Å². The van der Waals surface area contributed by atoms with Crippen molar-refractivity contribution < 1.29 is 14.3 Å². The maximum atomic E-state index is 12.4. The van der Waals surface area contributed by atoms with E-state index in [1.165, 1.54) is 17.7 Å². The molecular weight excluding hydrogens is 302 g/mol. The summed E-state index contributed by atoms with van der Waals surface area (Å²) in [7, 11) is 0. The van der Waals surface area contributed by atoms with Gasteiger partial charge in [0.15, 0.2) is 11.5 Å². The third kappa shape index (κ3) is 2.25. The number of rotatable bonds is 2. The number of aromatic nitrogens is 2. The molecule has 0 saturated carbocycles. The maximum Gasteiger partial charge on any atom is 0.270 e. The van der Waals surface area contributed by atoms with Crippen LogP contribution in [0.3, 0.4) is 0 Å². The van der Waals surface area contributed by atoms with Gasteiger partial charge in [-0.15, -0.1) is 11.3 Å². The van der Waals surface area contributed by atoms with E-state index in [1.54, 1.807) is 6.07 Å². The van der Waals surface area contributed by atoms with E-state index in [4.69, 9.17) is 9.47 Å². The maximum absolute atomic E-state index is 12.4. The van der Waals surface area contributed by atoms with Crippen molar-refractivity contribution in [3.63, 3.8) is 0 Å². The summed E-state index contributed by atoms with van der Waals surface area (Å²) in [4.78, 5) is 21.5. The summed E-state index contributed by atoms with van der Waals surface area (Å²) in [6.07, 6.45) is 0.723. The van der Waals surface area contributed by atoms with Crippen molar-refractivity contribution >= 4 is 33.3 Å². The largest absolute Gasteiger partial charge is 0.485 e. The predicted octanol–water partition coefficient (Wildman–Crippen LogP) is 2.47. The van der Waals surface area contributed by atoms with Gasteiger partial charge < -0.3 is 14.8 Å². The first-order valence-corrected chi connectivity index (χ1v) is 7.57. The molecule has 7 heteroatoms. The van der Waals surface area contributed by atoms with Crippen LogP contribution in [0, 0.1) is 0 Å². The monoisotopic (exact) mass is 313 g/mol. The second-order valence-corrected chi connectivity index (χ2v) is 5.61. The lowest BCUT2D eigenvalue weighted by Gasteiger charge is -2.25. The quantitative estimate of drug-likeness (QED) is 0.787. The van der Waals surface area contributed by atoms with Crippen molar-refractivity contribution in [2.45, 2.75) is 6.10 Å². The third-order valence-electron chi connectivity index (χ3n) is 3.30. The Hall–Kier alpha value is -2.67. The van der Waals surface area contributed by atoms with Crippen molar-refractivity contribution in [2.24, 2.45) is 0 Å². The van der Waals surface area contributed by atoms with Crippen LogP contribution in [0.15, 0.2) is 42.0 Å². The van der Waals surface area contributed by atoms with Crippen molar-refractivity contribution in [2.75, 3.05) is 11.9 Å². The summed E-state index contributed by atoms with van der Waals surface area (Å²) in [5, 5.41) is 5.51. The average Bonchev–Trinajstić information content (AvgIpc) is 3.04. The predicted molar refractivity (Wildman–Crippen MR) is 82.4 cm³/mol. The Morgan fingerprint density at radius 1 is 1.23 bits per heavy atom. The molecule has 4 rings (SSSR count). The molecule has 110 valence electrons. The molecule has 1 unspecified atom stereocenters. The minimum absolute atomic E-state index is 0.167. The van der Waals surface area contributed by atoms with Crippen LogP contribution in [0.5, 0.6) is 11.5 Å². The van der Waals surface area contributed by atoms with Crippen molar-refractivity contribution in [3.8, 4) is 11.5 Å². The first-order valence-electron chi connectivity index (χ1n) is 6.69. The number of carbonyl (C=O) groups is 1. The lowest BCUT2D eigenvalue weighted by molar-refractivity contribution is -0.125. The number of benzene rings is 1. The van der Waals surface area contributed by atoms with Gasteiger partial charge in [-0.3, -0.25) is 4.79 Å². The molecule has 1 amide bonds. The lowest BCUT2D eigenvalue weighted by atomic mass is 10.2. The Balaban J connectivity index is 1.55. The van der Waals surface area contributed by atoms with Gasteiger partial charge in [-0.2, -0.15) is 0 Å². The standard InChI is InChI=1S/C15H11N3O3S/c19-14(12-7-20-10-3-1-2-4-11(10)21-12)18-13-9-5-6-22-15(9)17-8-16-13/h1-6,8,12H,7H2,(H,16,17,18,19). The third-order valence-corrected chi connectivity index (χ3v) is 4.13. The molecule has 22 heavy (non-hydrogen) atoms. The zero-order chi connectivity index (χ0) is 14.9. The number of amides is 1. The van der Waals surface area contributed by atoms with Crippen LogP contribution < -0.4 is 14.8 Å². The molecule has 0 saturated heterocycles. The van der Waals surface area contributed by atoms with Gasteiger partial charge in [0.25, 0.3) is 5.91 Å². The van der Waals surface area contributed by atoms with E-state index in [-0.39, 0.29) is 12.5 Å². The molecule has 2 aromatic heterocycles. The molecule has 1 atom stereocenters. The van der Waals surface area contributed by atoms with Gasteiger partial charge in [-0.25, -0.2) is 9.97 Å². The second kappa shape index (κ2) is 5.27. The number of nitrogens with one attached hydrogen (secondary N) is 1. The fraction of sp³-hybridized carbons (Fsp3) is 0.133. The fourth-order valence-corrected chi connectivity index (χ4v) is 2.97. The second-order valence-electron chi connectivity index (χ2n) is 4.72. The molecule has 3 heterocycles. The lowest BCUT2D eigenvalue weighted by Crippen LogP contribution is -2.40. The van der Waals surface area contributed by atoms with E-state index < -0.39 is 6.10 Å². The zero-order valence-corrected chi connectivity index (χ0v) is 12.2. The fourth-order valence-electron chi connectivity index (χ4n) is 2.24. The number of nitrogens with zero attached hydrogens (tertiary/aromatic N) is 2. The van der Waals surface area contributed by atoms with Crippen LogP contribution in [0.2, 0.25) is 0 Å². The Bertz CT molecular complexity index is 849. The summed E-state index contributed by atoms with van der Waals surface area (Å²) < 4.78 is 11.2. The number of hydrogen-bond acceptors (Lipinski definition) is 6. The Morgan fingerprint density at radius 3 is 3.00 bits per heavy atom. The molecule has 0 spiro atoms. The number of hydrogen-bond donors (Lipinski definition) is 1. The van der Waals surface area contributed by atoms with E-state index in [0.717, 1.165) is 10.2 Å². The van der Waals surface area contributed by atoms with Crippen LogP contribution in [0.1, 0.15) is 0 Å². The Labute approximate surface area is 129 Å². The SMILES string of the molecule is O=C(Nc1ncnc2sccc12)C1COc2ccccc2O1. The number of thiophene rings is 1. The summed E-state index contributed by atoms with van der Waals surface area (Å²) in [5.74, 6) is 1.41. The summed E-state index contributed by atoms with van der Waals surface area (Å²) in [6, 6.07) is 9.15. The molecule has 0 bridgehead atoms. The highest BCUT2D eigenvalue weighted by atomic mass is 32.1. The van der Waals surface area contributed by atoms with Crippen LogP contribution in [0.25, 0.3) is 10.2 Å². The van der Waals surface area contributed by atoms with E-state index in [2.05, 4.69) is 15.3 Å². The topological polar surface area (TPSA) is 73.3 Å². The van der Waals surface area contributed by atoms with Gasteiger partial charge in [0, 0.05) is 0 Å². The Kier molecular flexibility index (Phi) is 3.12. The molecule has 1 N–H and O–H groups in total. The highest BCUT2D eigenvalue weighted by molar-refractivity contribution is 7.16. The van der Waals surface area contributed by atoms with Crippen molar-refractivity contribution in [3.05, 3.63) is 42.0 Å². The van der Waals surface area contributed by atoms with Crippen LogP contribution >= 0.6 is 11.3 Å². The number of carbonyl (C=O) groups excluding carboxylic acids is 1. The molecule has 1 aliphatic heterocycles. The molecule has 0 fully saturated rings. The van der Waals surface area contributed by atoms with Crippen molar-refractivity contribution in [1.82, 2.24) is 9.97 Å². The molecule has 0 aliphatic carbocycles.